The molecule has 2 heterocycles. The van der Waals surface area contributed by atoms with E-state index in [2.05, 4.69) is 9.97 Å². The largest absolute Gasteiger partial charge is 0.464 e. The molecule has 0 fully saturated rings. The number of sulfonamides is 1. The van der Waals surface area contributed by atoms with Gasteiger partial charge >= 0.3 is 5.97 Å². The maximum absolute atomic E-state index is 13.7. The Morgan fingerprint density at radius 3 is 2.45 bits per heavy atom. The van der Waals surface area contributed by atoms with Crippen LogP contribution in [-0.2, 0) is 30.4 Å². The maximum Gasteiger partial charge on any atom is 0.326 e. The summed E-state index contributed by atoms with van der Waals surface area (Å²) in [5.41, 5.74) is 0.976. The summed E-state index contributed by atoms with van der Waals surface area (Å²) in [7, 11) is -5.50. The van der Waals surface area contributed by atoms with E-state index in [1.54, 1.807) is 35.0 Å². The molecule has 4 rings (SSSR count). The average molecular weight is 596 g/mol. The van der Waals surface area contributed by atoms with Crippen LogP contribution in [-0.4, -0.2) is 52.5 Å². The highest BCUT2D eigenvalue weighted by molar-refractivity contribution is 7.92. The minimum absolute atomic E-state index is 0.146. The number of benzene rings is 2. The van der Waals surface area contributed by atoms with Gasteiger partial charge in [-0.05, 0) is 48.9 Å². The monoisotopic (exact) mass is 594 g/mol. The highest BCUT2D eigenvalue weighted by Gasteiger charge is 2.29. The summed E-state index contributed by atoms with van der Waals surface area (Å²) < 4.78 is 47.0. The van der Waals surface area contributed by atoms with Crippen LogP contribution in [0.4, 0.5) is 5.69 Å². The molecule has 0 aliphatic rings. The first-order valence-electron chi connectivity index (χ1n) is 11.5. The summed E-state index contributed by atoms with van der Waals surface area (Å²) in [6, 6.07) is 10.7. The number of hydrogen-bond acceptors (Lipinski definition) is 7. The summed E-state index contributed by atoms with van der Waals surface area (Å²) in [6.07, 6.45) is 7.73. The van der Waals surface area contributed by atoms with Crippen molar-refractivity contribution in [3.05, 3.63) is 71.1 Å². The molecular weight excluding hydrogens is 571 g/mol. The third kappa shape index (κ3) is 6.17. The van der Waals surface area contributed by atoms with Crippen molar-refractivity contribution >= 4 is 66.6 Å². The Bertz CT molecular complexity index is 1590. The molecule has 2 aromatic carbocycles. The molecule has 0 N–H and O–H groups in total. The fourth-order valence-corrected chi connectivity index (χ4v) is 6.21. The van der Waals surface area contributed by atoms with Crippen LogP contribution in [0.5, 0.6) is 0 Å². The third-order valence-electron chi connectivity index (χ3n) is 5.58. The number of ether oxygens (including phenoxy) is 1. The predicted molar refractivity (Wildman–Crippen MR) is 148 cm³/mol. The maximum atomic E-state index is 13.7. The molecule has 0 saturated heterocycles. The molecule has 0 aliphatic heterocycles. The smallest absolute Gasteiger partial charge is 0.326 e. The minimum Gasteiger partial charge on any atom is -0.464 e. The lowest BCUT2D eigenvalue weighted by atomic mass is 10.2. The number of nitrogens with zero attached hydrogens (tertiary/aromatic N) is 4. The quantitative estimate of drug-likeness (QED) is 0.187. The molecule has 200 valence electrons. The van der Waals surface area contributed by atoms with Crippen LogP contribution in [0.3, 0.4) is 0 Å². The minimum atomic E-state index is -4.25. The average Bonchev–Trinajstić information content (AvgIpc) is 3.30. The van der Waals surface area contributed by atoms with Crippen molar-refractivity contribution in [3.63, 3.8) is 0 Å². The molecule has 9 nitrogen and oxygen atoms in total. The summed E-state index contributed by atoms with van der Waals surface area (Å²) in [4.78, 5) is 21.0. The van der Waals surface area contributed by atoms with E-state index in [0.29, 0.717) is 22.7 Å². The van der Waals surface area contributed by atoms with Gasteiger partial charge in [0.1, 0.15) is 11.6 Å². The number of fused-ring (bicyclic) bond motifs is 1. The molecule has 1 unspecified atom stereocenters. The number of rotatable bonds is 10. The van der Waals surface area contributed by atoms with E-state index in [-0.39, 0.29) is 27.2 Å². The first kappa shape index (κ1) is 28.0. The molecule has 4 aromatic rings. The van der Waals surface area contributed by atoms with Gasteiger partial charge in [0, 0.05) is 27.9 Å². The van der Waals surface area contributed by atoms with E-state index in [0.717, 1.165) is 16.2 Å². The second-order valence-electron chi connectivity index (χ2n) is 8.29. The Labute approximate surface area is 232 Å². The number of hydrogen-bond donors (Lipinski definition) is 0. The number of carbonyl (C=O) groups excluding carboxylic acids is 1. The van der Waals surface area contributed by atoms with Crippen molar-refractivity contribution in [2.45, 2.75) is 29.7 Å². The summed E-state index contributed by atoms with van der Waals surface area (Å²) >= 11 is 12.1. The van der Waals surface area contributed by atoms with Gasteiger partial charge in [-0.15, -0.1) is 0 Å². The number of unbranched alkanes of at least 4 members (excludes halogenated alkanes) is 1. The number of aromatic nitrogens is 3. The van der Waals surface area contributed by atoms with Crippen molar-refractivity contribution in [1.29, 1.82) is 0 Å². The van der Waals surface area contributed by atoms with Crippen LogP contribution in [0.15, 0.2) is 71.0 Å². The van der Waals surface area contributed by atoms with Gasteiger partial charge in [-0.1, -0.05) is 36.5 Å². The Kier molecular flexibility index (Phi) is 8.71. The van der Waals surface area contributed by atoms with Gasteiger partial charge in [0.05, 0.1) is 45.9 Å². The highest BCUT2D eigenvalue weighted by Crippen LogP contribution is 2.31. The number of anilines is 1. The second-order valence-corrected chi connectivity index (χ2v) is 12.3. The first-order chi connectivity index (χ1) is 18.1. The lowest BCUT2D eigenvalue weighted by Gasteiger charge is -2.24. The van der Waals surface area contributed by atoms with Crippen LogP contribution in [0.25, 0.3) is 16.7 Å². The van der Waals surface area contributed by atoms with Crippen LogP contribution >= 0.6 is 23.2 Å². The highest BCUT2D eigenvalue weighted by atomic mass is 35.5. The Morgan fingerprint density at radius 1 is 1.08 bits per heavy atom. The van der Waals surface area contributed by atoms with Crippen molar-refractivity contribution in [2.75, 3.05) is 23.7 Å². The topological polar surface area (TPSA) is 111 Å². The first-order valence-corrected chi connectivity index (χ1v) is 15.3. The number of esters is 1. The number of halogens is 2. The molecule has 13 heteroatoms. The lowest BCUT2D eigenvalue weighted by Crippen LogP contribution is -2.36. The molecule has 0 spiro atoms. The van der Waals surface area contributed by atoms with Crippen LogP contribution in [0.2, 0.25) is 10.0 Å². The zero-order valence-electron chi connectivity index (χ0n) is 20.5. The van der Waals surface area contributed by atoms with Crippen LogP contribution in [0.1, 0.15) is 19.8 Å². The van der Waals surface area contributed by atoms with Gasteiger partial charge in [0.15, 0.2) is 5.82 Å². The Morgan fingerprint density at radius 2 is 1.82 bits per heavy atom. The fraction of sp³-hybridized carbons (Fsp3) is 0.240. The standard InChI is InChI=1S/C25H24Cl2N4O5S2/c1-3-4-9-36-25(32)16-31(38(34,35)21-12-18(26)11-19(27)13-21)20-5-6-22-17(10-20)7-8-30(22)23-14-29-24(15-28-23)37(2)33/h5-8,10-15H,3-4,9,16H2,1-2H3. The second kappa shape index (κ2) is 11.8. The summed E-state index contributed by atoms with van der Waals surface area (Å²) in [6.45, 7) is 1.61. The zero-order valence-corrected chi connectivity index (χ0v) is 23.6. The molecule has 0 bridgehead atoms. The van der Waals surface area contributed by atoms with Crippen molar-refractivity contribution in [1.82, 2.24) is 14.5 Å². The van der Waals surface area contributed by atoms with Gasteiger partial charge in [-0.2, -0.15) is 0 Å². The van der Waals surface area contributed by atoms with Crippen LogP contribution in [0, 0.1) is 0 Å². The van der Waals surface area contributed by atoms with Gasteiger partial charge in [-0.3, -0.25) is 17.9 Å². The van der Waals surface area contributed by atoms with Gasteiger partial charge in [0.2, 0.25) is 0 Å². The predicted octanol–water partition coefficient (Wildman–Crippen LogP) is 5.00. The molecule has 38 heavy (non-hydrogen) atoms. The summed E-state index contributed by atoms with van der Waals surface area (Å²) in [5.74, 6) is -0.184. The lowest BCUT2D eigenvalue weighted by molar-refractivity contribution is -0.141. The van der Waals surface area contributed by atoms with E-state index in [4.69, 9.17) is 27.9 Å². The Balaban J connectivity index is 1.74. The van der Waals surface area contributed by atoms with E-state index < -0.39 is 33.3 Å². The molecule has 2 aromatic heterocycles. The zero-order chi connectivity index (χ0) is 27.4. The summed E-state index contributed by atoms with van der Waals surface area (Å²) in [5, 5.41) is 1.35. The number of carbonyl (C=O) groups is 1. The molecular formula is C25H24Cl2N4O5S2. The fourth-order valence-electron chi connectivity index (χ4n) is 3.68. The van der Waals surface area contributed by atoms with Gasteiger partial charge in [-0.25, -0.2) is 18.4 Å². The van der Waals surface area contributed by atoms with Crippen LogP contribution < -0.4 is 4.31 Å². The molecule has 0 aliphatic carbocycles. The van der Waals surface area contributed by atoms with E-state index >= 15 is 0 Å². The third-order valence-corrected chi connectivity index (χ3v) is 8.56. The molecule has 0 radical (unpaired) electrons. The van der Waals surface area contributed by atoms with Crippen molar-refractivity contribution in [3.8, 4) is 5.82 Å². The van der Waals surface area contributed by atoms with Crippen molar-refractivity contribution in [2.24, 2.45) is 0 Å². The van der Waals surface area contributed by atoms with Gasteiger partial charge in [0.25, 0.3) is 10.0 Å². The molecule has 0 amide bonds. The van der Waals surface area contributed by atoms with E-state index in [9.17, 15) is 17.4 Å². The van der Waals surface area contributed by atoms with Crippen molar-refractivity contribution < 1.29 is 22.2 Å². The van der Waals surface area contributed by atoms with E-state index in [1.165, 1.54) is 36.8 Å². The Hall–Kier alpha value is -2.99. The SMILES string of the molecule is CCCCOC(=O)CN(c1ccc2c(ccn2-c2cnc(S(C)=O)cn2)c1)S(=O)(=O)c1cc(Cl)cc(Cl)c1. The van der Waals surface area contributed by atoms with Gasteiger partial charge < -0.3 is 4.74 Å². The molecule has 0 saturated carbocycles. The van der Waals surface area contributed by atoms with E-state index in [1.807, 2.05) is 6.92 Å². The normalized spacial score (nSPS) is 12.4. The molecule has 1 atom stereocenters.